The summed E-state index contributed by atoms with van der Waals surface area (Å²) in [5.41, 5.74) is -0.0869. The highest BCUT2D eigenvalue weighted by Gasteiger charge is 2.27. The van der Waals surface area contributed by atoms with Crippen LogP contribution in [0.2, 0.25) is 0 Å². The first-order valence-corrected chi connectivity index (χ1v) is 5.81. The predicted molar refractivity (Wildman–Crippen MR) is 69.0 cm³/mol. The maximum atomic E-state index is 11.7. The van der Waals surface area contributed by atoms with E-state index in [-0.39, 0.29) is 17.0 Å². The molecule has 0 unspecified atom stereocenters. The number of carbonyl (C=O) groups is 1. The van der Waals surface area contributed by atoms with E-state index >= 15 is 0 Å². The minimum absolute atomic E-state index is 0.168. The van der Waals surface area contributed by atoms with Gasteiger partial charge in [0, 0.05) is 11.6 Å². The molecule has 96 valence electrons. The fourth-order valence-corrected chi connectivity index (χ4v) is 2.17. The van der Waals surface area contributed by atoms with E-state index in [4.69, 9.17) is 4.42 Å². The molecule has 0 spiro atoms. The maximum absolute atomic E-state index is 11.7. The van der Waals surface area contributed by atoms with Crippen LogP contribution in [0.1, 0.15) is 41.0 Å². The third kappa shape index (κ3) is 5.43. The average Bonchev–Trinajstić information content (AvgIpc) is 2.49. The molecule has 1 aromatic rings. The molecule has 0 aromatic carbocycles. The quantitative estimate of drug-likeness (QED) is 0.845. The number of rotatable bonds is 3. The topological polar surface area (TPSA) is 54.3 Å². The molecule has 2 amide bonds. The smallest absolute Gasteiger partial charge is 0.321 e. The highest BCUT2D eigenvalue weighted by molar-refractivity contribution is 5.88. The molecule has 4 heteroatoms. The second-order valence-electron chi connectivity index (χ2n) is 6.18. The molecule has 0 aliphatic heterocycles. The van der Waals surface area contributed by atoms with Crippen LogP contribution in [0.3, 0.4) is 0 Å². The molecule has 1 aromatic heterocycles. The van der Waals surface area contributed by atoms with Crippen molar-refractivity contribution < 1.29 is 9.21 Å². The Morgan fingerprint density at radius 3 is 2.41 bits per heavy atom. The molecular formula is C13H22N2O2. The van der Waals surface area contributed by atoms with E-state index < -0.39 is 0 Å². The first-order valence-electron chi connectivity index (χ1n) is 5.81. The van der Waals surface area contributed by atoms with Gasteiger partial charge in [0.1, 0.15) is 0 Å². The van der Waals surface area contributed by atoms with Gasteiger partial charge in [-0.3, -0.25) is 5.32 Å². The zero-order chi connectivity index (χ0) is 13.1. The van der Waals surface area contributed by atoms with Crippen molar-refractivity contribution in [2.45, 2.75) is 46.6 Å². The highest BCUT2D eigenvalue weighted by atomic mass is 16.3. The van der Waals surface area contributed by atoms with Gasteiger partial charge in [-0.1, -0.05) is 20.8 Å². The van der Waals surface area contributed by atoms with Crippen molar-refractivity contribution in [1.29, 1.82) is 0 Å². The second-order valence-corrected chi connectivity index (χ2v) is 6.18. The Bertz CT molecular complexity index is 361. The Kier molecular flexibility index (Phi) is 3.86. The lowest BCUT2D eigenvalue weighted by Crippen LogP contribution is -2.47. The molecule has 0 saturated carbocycles. The van der Waals surface area contributed by atoms with Gasteiger partial charge in [0.15, 0.2) is 0 Å². The fraction of sp³-hybridized carbons (Fsp3) is 0.615. The summed E-state index contributed by atoms with van der Waals surface area (Å²) in [4.78, 5) is 11.7. The van der Waals surface area contributed by atoms with Gasteiger partial charge in [-0.05, 0) is 31.7 Å². The SMILES string of the molecule is CC(C)(C)CC(C)(C)NC(=O)Nc1ccco1. The Balaban J connectivity index is 2.50. The van der Waals surface area contributed by atoms with Crippen LogP contribution in [0.5, 0.6) is 0 Å². The van der Waals surface area contributed by atoms with Crippen molar-refractivity contribution in [2.24, 2.45) is 5.41 Å². The largest absolute Gasteiger partial charge is 0.449 e. The second kappa shape index (κ2) is 4.82. The summed E-state index contributed by atoms with van der Waals surface area (Å²) in [6, 6.07) is 3.20. The number of anilines is 1. The number of urea groups is 1. The standard InChI is InChI=1S/C13H22N2O2/c1-12(2,3)9-13(4,5)15-11(16)14-10-7-6-8-17-10/h6-8H,9H2,1-5H3,(H2,14,15,16). The fourth-order valence-electron chi connectivity index (χ4n) is 2.17. The molecule has 17 heavy (non-hydrogen) atoms. The van der Waals surface area contributed by atoms with Crippen LogP contribution in [0.4, 0.5) is 10.7 Å². The molecule has 1 heterocycles. The Morgan fingerprint density at radius 1 is 1.29 bits per heavy atom. The van der Waals surface area contributed by atoms with Gasteiger partial charge in [-0.2, -0.15) is 0 Å². The van der Waals surface area contributed by atoms with Gasteiger partial charge in [-0.25, -0.2) is 4.79 Å². The van der Waals surface area contributed by atoms with Gasteiger partial charge in [0.2, 0.25) is 5.88 Å². The summed E-state index contributed by atoms with van der Waals surface area (Å²) in [6.45, 7) is 10.5. The van der Waals surface area contributed by atoms with E-state index in [0.717, 1.165) is 6.42 Å². The summed E-state index contributed by atoms with van der Waals surface area (Å²) in [7, 11) is 0. The molecule has 0 aliphatic rings. The van der Waals surface area contributed by atoms with Crippen LogP contribution in [0.25, 0.3) is 0 Å². The summed E-state index contributed by atoms with van der Waals surface area (Å²) in [5.74, 6) is 0.453. The van der Waals surface area contributed by atoms with Gasteiger partial charge in [0.05, 0.1) is 6.26 Å². The lowest BCUT2D eigenvalue weighted by atomic mass is 9.82. The molecule has 2 N–H and O–H groups in total. The van der Waals surface area contributed by atoms with Crippen molar-refractivity contribution >= 4 is 11.9 Å². The van der Waals surface area contributed by atoms with E-state index in [1.165, 1.54) is 6.26 Å². The number of hydrogen-bond acceptors (Lipinski definition) is 2. The van der Waals surface area contributed by atoms with E-state index in [2.05, 4.69) is 31.4 Å². The molecule has 0 saturated heterocycles. The van der Waals surface area contributed by atoms with Crippen LogP contribution in [0, 0.1) is 5.41 Å². The minimum atomic E-state index is -0.255. The summed E-state index contributed by atoms with van der Waals surface area (Å²) < 4.78 is 5.05. The van der Waals surface area contributed by atoms with Crippen LogP contribution in [-0.4, -0.2) is 11.6 Å². The maximum Gasteiger partial charge on any atom is 0.321 e. The van der Waals surface area contributed by atoms with E-state index in [1.54, 1.807) is 12.1 Å². The van der Waals surface area contributed by atoms with Crippen LogP contribution in [-0.2, 0) is 0 Å². The zero-order valence-electron chi connectivity index (χ0n) is 11.3. The third-order valence-corrected chi connectivity index (χ3v) is 2.18. The lowest BCUT2D eigenvalue weighted by Gasteiger charge is -2.33. The summed E-state index contributed by atoms with van der Waals surface area (Å²) in [5, 5.41) is 5.59. The van der Waals surface area contributed by atoms with Crippen molar-refractivity contribution in [3.63, 3.8) is 0 Å². The van der Waals surface area contributed by atoms with Crippen molar-refractivity contribution in [3.8, 4) is 0 Å². The Labute approximate surface area is 103 Å². The summed E-state index contributed by atoms with van der Waals surface area (Å²) >= 11 is 0. The van der Waals surface area contributed by atoms with E-state index in [1.807, 2.05) is 13.8 Å². The van der Waals surface area contributed by atoms with E-state index in [0.29, 0.717) is 5.88 Å². The minimum Gasteiger partial charge on any atom is -0.449 e. The van der Waals surface area contributed by atoms with E-state index in [9.17, 15) is 4.79 Å². The van der Waals surface area contributed by atoms with Gasteiger partial charge in [0.25, 0.3) is 0 Å². The first kappa shape index (κ1) is 13.6. The molecular weight excluding hydrogens is 216 g/mol. The normalized spacial score (nSPS) is 12.3. The highest BCUT2D eigenvalue weighted by Crippen LogP contribution is 2.26. The van der Waals surface area contributed by atoms with Crippen LogP contribution < -0.4 is 10.6 Å². The molecule has 4 nitrogen and oxygen atoms in total. The molecule has 0 atom stereocenters. The van der Waals surface area contributed by atoms with Crippen LogP contribution >= 0.6 is 0 Å². The zero-order valence-corrected chi connectivity index (χ0v) is 11.3. The predicted octanol–water partition coefficient (Wildman–Crippen LogP) is 3.62. The number of carbonyl (C=O) groups excluding carboxylic acids is 1. The Morgan fingerprint density at radius 2 is 1.94 bits per heavy atom. The molecule has 0 aliphatic carbocycles. The van der Waals surface area contributed by atoms with Gasteiger partial charge in [-0.15, -0.1) is 0 Å². The average molecular weight is 238 g/mol. The molecule has 0 bridgehead atoms. The van der Waals surface area contributed by atoms with Crippen molar-refractivity contribution in [3.05, 3.63) is 18.4 Å². The summed E-state index contributed by atoms with van der Waals surface area (Å²) in [6.07, 6.45) is 2.42. The number of nitrogens with one attached hydrogen (secondary N) is 2. The third-order valence-electron chi connectivity index (χ3n) is 2.18. The number of hydrogen-bond donors (Lipinski definition) is 2. The molecule has 0 radical (unpaired) electrons. The first-order chi connectivity index (χ1) is 7.68. The monoisotopic (exact) mass is 238 g/mol. The lowest BCUT2D eigenvalue weighted by molar-refractivity contribution is 0.219. The molecule has 1 rings (SSSR count). The van der Waals surface area contributed by atoms with Crippen molar-refractivity contribution in [1.82, 2.24) is 5.32 Å². The van der Waals surface area contributed by atoms with Crippen molar-refractivity contribution in [2.75, 3.05) is 5.32 Å². The Hall–Kier alpha value is -1.45. The molecule has 0 fully saturated rings. The van der Waals surface area contributed by atoms with Crippen LogP contribution in [0.15, 0.2) is 22.8 Å². The number of amides is 2. The van der Waals surface area contributed by atoms with Gasteiger partial charge >= 0.3 is 6.03 Å². The van der Waals surface area contributed by atoms with Gasteiger partial charge < -0.3 is 9.73 Å². The number of furan rings is 1.